The maximum absolute atomic E-state index is 13.9. The normalized spacial score (nSPS) is 14.5. The van der Waals surface area contributed by atoms with Crippen LogP contribution < -0.4 is 33.8 Å². The van der Waals surface area contributed by atoms with Crippen LogP contribution in [0.25, 0.3) is 6.08 Å². The number of benzene rings is 2. The summed E-state index contributed by atoms with van der Waals surface area (Å²) in [7, 11) is 1.42. The second-order valence-electron chi connectivity index (χ2n) is 9.04. The van der Waals surface area contributed by atoms with Crippen molar-refractivity contribution in [3.8, 4) is 23.0 Å². The summed E-state index contributed by atoms with van der Waals surface area (Å²) < 4.78 is 28.7. The minimum atomic E-state index is -0.895. The molecule has 0 aliphatic carbocycles. The maximum Gasteiger partial charge on any atom is 0.338 e. The molecule has 1 aliphatic heterocycles. The number of aromatic nitrogens is 1. The molecular formula is C30H30N2O9S. The zero-order chi connectivity index (χ0) is 30.6. The van der Waals surface area contributed by atoms with Crippen LogP contribution in [0.2, 0.25) is 0 Å². The number of rotatable bonds is 9. The summed E-state index contributed by atoms with van der Waals surface area (Å²) >= 11 is 1.16. The van der Waals surface area contributed by atoms with Gasteiger partial charge in [0.05, 0.1) is 42.2 Å². The first-order chi connectivity index (χ1) is 20.1. The third kappa shape index (κ3) is 6.28. The van der Waals surface area contributed by atoms with E-state index >= 15 is 0 Å². The predicted octanol–water partition coefficient (Wildman–Crippen LogP) is 3.06. The van der Waals surface area contributed by atoms with E-state index in [1.165, 1.54) is 25.5 Å². The van der Waals surface area contributed by atoms with Gasteiger partial charge in [-0.3, -0.25) is 19.0 Å². The smallest absolute Gasteiger partial charge is 0.338 e. The van der Waals surface area contributed by atoms with Gasteiger partial charge in [-0.05, 0) is 62.2 Å². The summed E-state index contributed by atoms with van der Waals surface area (Å²) in [5, 5.41) is 0. The van der Waals surface area contributed by atoms with Crippen LogP contribution in [0.15, 0.2) is 57.5 Å². The average Bonchev–Trinajstić information content (AvgIpc) is 3.23. The van der Waals surface area contributed by atoms with Crippen LogP contribution in [0.5, 0.6) is 23.0 Å². The van der Waals surface area contributed by atoms with Gasteiger partial charge in [0, 0.05) is 13.8 Å². The van der Waals surface area contributed by atoms with Crippen molar-refractivity contribution in [3.63, 3.8) is 0 Å². The van der Waals surface area contributed by atoms with Gasteiger partial charge in [0.2, 0.25) is 0 Å². The van der Waals surface area contributed by atoms with E-state index in [2.05, 4.69) is 4.99 Å². The Labute approximate surface area is 245 Å². The number of hydrogen-bond acceptors (Lipinski definition) is 11. The molecule has 220 valence electrons. The molecule has 0 fully saturated rings. The number of carbonyl (C=O) groups is 3. The molecular weight excluding hydrogens is 564 g/mol. The Morgan fingerprint density at radius 1 is 0.952 bits per heavy atom. The monoisotopic (exact) mass is 594 g/mol. The first-order valence-corrected chi connectivity index (χ1v) is 13.9. The van der Waals surface area contributed by atoms with Gasteiger partial charge in [0.1, 0.15) is 0 Å². The largest absolute Gasteiger partial charge is 0.493 e. The summed E-state index contributed by atoms with van der Waals surface area (Å²) in [6.45, 7) is 8.23. The van der Waals surface area contributed by atoms with Gasteiger partial charge in [-0.1, -0.05) is 23.5 Å². The van der Waals surface area contributed by atoms with Crippen LogP contribution >= 0.6 is 11.3 Å². The molecule has 4 rings (SSSR count). The van der Waals surface area contributed by atoms with Crippen LogP contribution in [0.1, 0.15) is 51.8 Å². The molecule has 0 spiro atoms. The zero-order valence-electron chi connectivity index (χ0n) is 24.0. The van der Waals surface area contributed by atoms with Crippen molar-refractivity contribution in [2.24, 2.45) is 4.99 Å². The molecule has 3 aromatic rings. The second kappa shape index (κ2) is 12.9. The van der Waals surface area contributed by atoms with Crippen LogP contribution in [-0.2, 0) is 19.1 Å². The number of thiazole rings is 1. The lowest BCUT2D eigenvalue weighted by Gasteiger charge is -2.25. The Balaban J connectivity index is 1.91. The number of methoxy groups -OCH3 is 1. The van der Waals surface area contributed by atoms with Gasteiger partial charge in [-0.15, -0.1) is 0 Å². The second-order valence-corrected chi connectivity index (χ2v) is 10.0. The lowest BCUT2D eigenvalue weighted by molar-refractivity contribution is -0.139. The van der Waals surface area contributed by atoms with E-state index in [1.54, 1.807) is 63.2 Å². The number of fused-ring (bicyclic) bond motifs is 1. The molecule has 12 heteroatoms. The van der Waals surface area contributed by atoms with Crippen molar-refractivity contribution in [1.29, 1.82) is 0 Å². The molecule has 2 heterocycles. The minimum Gasteiger partial charge on any atom is -0.493 e. The van der Waals surface area contributed by atoms with Crippen molar-refractivity contribution >= 4 is 35.3 Å². The van der Waals surface area contributed by atoms with Crippen molar-refractivity contribution in [2.45, 2.75) is 40.7 Å². The minimum absolute atomic E-state index is 0.132. The third-order valence-electron chi connectivity index (χ3n) is 6.09. The topological polar surface area (TPSA) is 132 Å². The highest BCUT2D eigenvalue weighted by Gasteiger charge is 2.34. The molecule has 42 heavy (non-hydrogen) atoms. The molecule has 0 saturated heterocycles. The first kappa shape index (κ1) is 30.3. The quantitative estimate of drug-likeness (QED) is 0.271. The fourth-order valence-corrected chi connectivity index (χ4v) is 5.52. The Morgan fingerprint density at radius 2 is 1.62 bits per heavy atom. The number of nitrogens with zero attached hydrogens (tertiary/aromatic N) is 2. The van der Waals surface area contributed by atoms with Gasteiger partial charge in [0.25, 0.3) is 5.56 Å². The van der Waals surface area contributed by atoms with E-state index in [-0.39, 0.29) is 35.0 Å². The molecule has 0 radical (unpaired) electrons. The van der Waals surface area contributed by atoms with Crippen LogP contribution in [-0.4, -0.2) is 42.8 Å². The highest BCUT2D eigenvalue weighted by Crippen LogP contribution is 2.36. The van der Waals surface area contributed by atoms with Crippen LogP contribution in [0, 0.1) is 0 Å². The summed E-state index contributed by atoms with van der Waals surface area (Å²) in [5.74, 6) is -0.548. The van der Waals surface area contributed by atoms with Gasteiger partial charge in [0.15, 0.2) is 27.8 Å². The molecule has 0 bridgehead atoms. The fraction of sp³-hybridized carbons (Fsp3) is 0.300. The van der Waals surface area contributed by atoms with E-state index in [1.807, 2.05) is 0 Å². The van der Waals surface area contributed by atoms with Gasteiger partial charge in [-0.25, -0.2) is 9.79 Å². The van der Waals surface area contributed by atoms with E-state index in [0.29, 0.717) is 38.5 Å². The van der Waals surface area contributed by atoms with E-state index < -0.39 is 23.9 Å². The van der Waals surface area contributed by atoms with Crippen molar-refractivity contribution < 1.29 is 38.1 Å². The summed E-state index contributed by atoms with van der Waals surface area (Å²) in [6.07, 6.45) is 1.68. The first-order valence-electron chi connectivity index (χ1n) is 13.1. The maximum atomic E-state index is 13.9. The number of allylic oxidation sites excluding steroid dienone is 1. The Kier molecular flexibility index (Phi) is 9.26. The molecule has 0 unspecified atom stereocenters. The Morgan fingerprint density at radius 3 is 2.24 bits per heavy atom. The molecule has 11 nitrogen and oxygen atoms in total. The van der Waals surface area contributed by atoms with Crippen LogP contribution in [0.3, 0.4) is 0 Å². The summed E-state index contributed by atoms with van der Waals surface area (Å²) in [6, 6.07) is 8.88. The lowest BCUT2D eigenvalue weighted by Crippen LogP contribution is -2.40. The Hall–Kier alpha value is -4.71. The van der Waals surface area contributed by atoms with Crippen molar-refractivity contribution in [2.75, 3.05) is 20.3 Å². The molecule has 0 amide bonds. The molecule has 0 N–H and O–H groups in total. The molecule has 2 aromatic carbocycles. The molecule has 0 saturated carbocycles. The highest BCUT2D eigenvalue weighted by atomic mass is 32.1. The van der Waals surface area contributed by atoms with E-state index in [0.717, 1.165) is 11.3 Å². The Bertz CT molecular complexity index is 1770. The lowest BCUT2D eigenvalue weighted by atomic mass is 9.95. The van der Waals surface area contributed by atoms with Gasteiger partial charge >= 0.3 is 17.9 Å². The number of hydrogen-bond donors (Lipinski definition) is 0. The summed E-state index contributed by atoms with van der Waals surface area (Å²) in [4.78, 5) is 55.1. The molecule has 1 atom stereocenters. The van der Waals surface area contributed by atoms with Crippen molar-refractivity contribution in [1.82, 2.24) is 4.57 Å². The fourth-order valence-electron chi connectivity index (χ4n) is 4.47. The van der Waals surface area contributed by atoms with Crippen LogP contribution in [0.4, 0.5) is 0 Å². The number of carbonyl (C=O) groups excluding carboxylic acids is 3. The SMILES string of the molecule is CCOC(=O)C1=C(C)N=c2s/c(=C/c3ccc(OC(C)=O)c(OCC)c3)c(=O)n2[C@H]1c1ccc(OC(C)=O)c(OC)c1. The summed E-state index contributed by atoms with van der Waals surface area (Å²) in [5.41, 5.74) is 1.37. The van der Waals surface area contributed by atoms with Gasteiger partial charge in [-0.2, -0.15) is 0 Å². The third-order valence-corrected chi connectivity index (χ3v) is 7.08. The average molecular weight is 595 g/mol. The molecule has 1 aliphatic rings. The number of ether oxygens (including phenoxy) is 5. The van der Waals surface area contributed by atoms with E-state index in [9.17, 15) is 19.2 Å². The van der Waals surface area contributed by atoms with Crippen molar-refractivity contribution in [3.05, 3.63) is 78.5 Å². The highest BCUT2D eigenvalue weighted by molar-refractivity contribution is 7.07. The standard InChI is InChI=1S/C30H30N2O9S/c1-7-38-24-13-19(9-11-22(24)41-18(5)34)14-25-28(35)32-27(20-10-12-21(40-17(4)33)23(15-20)37-6)26(29(36)39-8-2)16(3)31-30(32)42-25/h9-15,27H,7-8H2,1-6H3/b25-14+/t27-/m0/s1. The van der Waals surface area contributed by atoms with Gasteiger partial charge < -0.3 is 23.7 Å². The number of esters is 3. The zero-order valence-corrected chi connectivity index (χ0v) is 24.8. The molecule has 1 aromatic heterocycles. The predicted molar refractivity (Wildman–Crippen MR) is 154 cm³/mol. The van der Waals surface area contributed by atoms with E-state index in [4.69, 9.17) is 23.7 Å².